The number of nitrogens with two attached hydrogens (primary N) is 1. The molecule has 8 heteroatoms. The standard InChI is InChI=1S/C20H22N2O5S/c21-19(23)16-11-9-15(10-12-16)14-27-20(24)18-8-4-5-13-22(18)28(25,26)17-6-2-1-3-7-17/h1-3,6-7,9-12,18H,4-5,8,13-14H2,(H2,21,23). The summed E-state index contributed by atoms with van der Waals surface area (Å²) in [5.41, 5.74) is 6.25. The number of carbonyl (C=O) groups excluding carboxylic acids is 2. The first kappa shape index (κ1) is 20.0. The average Bonchev–Trinajstić information content (AvgIpc) is 2.73. The van der Waals surface area contributed by atoms with Crippen LogP contribution in [0.3, 0.4) is 0 Å². The number of esters is 1. The van der Waals surface area contributed by atoms with E-state index in [1.807, 2.05) is 0 Å². The molecule has 0 bridgehead atoms. The maximum atomic E-state index is 13.0. The summed E-state index contributed by atoms with van der Waals surface area (Å²) in [6, 6.07) is 13.6. The lowest BCUT2D eigenvalue weighted by molar-refractivity contribution is -0.150. The van der Waals surface area contributed by atoms with Crippen molar-refractivity contribution in [2.45, 2.75) is 36.8 Å². The number of primary amides is 1. The molecular weight excluding hydrogens is 380 g/mol. The second kappa shape index (κ2) is 8.53. The summed E-state index contributed by atoms with van der Waals surface area (Å²) in [5, 5.41) is 0. The van der Waals surface area contributed by atoms with E-state index in [1.165, 1.54) is 16.4 Å². The molecule has 0 aliphatic carbocycles. The first-order valence-electron chi connectivity index (χ1n) is 9.02. The molecule has 148 valence electrons. The molecule has 2 aromatic carbocycles. The van der Waals surface area contributed by atoms with E-state index in [0.717, 1.165) is 6.42 Å². The minimum Gasteiger partial charge on any atom is -0.460 e. The Bertz CT molecular complexity index is 942. The van der Waals surface area contributed by atoms with E-state index in [9.17, 15) is 18.0 Å². The third-order valence-corrected chi connectivity index (χ3v) is 6.62. The predicted octanol–water partition coefficient (Wildman–Crippen LogP) is 2.07. The molecule has 0 spiro atoms. The summed E-state index contributed by atoms with van der Waals surface area (Å²) in [4.78, 5) is 23.9. The molecule has 1 amide bonds. The van der Waals surface area contributed by atoms with E-state index in [4.69, 9.17) is 10.5 Å². The fourth-order valence-electron chi connectivity index (χ4n) is 3.17. The van der Waals surface area contributed by atoms with Crippen molar-refractivity contribution in [3.05, 3.63) is 65.7 Å². The highest BCUT2D eigenvalue weighted by Gasteiger charge is 2.38. The molecular formula is C20H22N2O5S. The van der Waals surface area contributed by atoms with Crippen molar-refractivity contribution in [1.82, 2.24) is 4.31 Å². The average molecular weight is 402 g/mol. The van der Waals surface area contributed by atoms with Crippen LogP contribution in [0.25, 0.3) is 0 Å². The third-order valence-electron chi connectivity index (χ3n) is 4.70. The Morgan fingerprint density at radius 3 is 2.36 bits per heavy atom. The quantitative estimate of drug-likeness (QED) is 0.745. The fourth-order valence-corrected chi connectivity index (χ4v) is 4.84. The number of hydrogen-bond donors (Lipinski definition) is 1. The van der Waals surface area contributed by atoms with Crippen molar-refractivity contribution < 1.29 is 22.7 Å². The Morgan fingerprint density at radius 1 is 1.04 bits per heavy atom. The molecule has 0 aromatic heterocycles. The zero-order valence-corrected chi connectivity index (χ0v) is 16.1. The smallest absolute Gasteiger partial charge is 0.324 e. The lowest BCUT2D eigenvalue weighted by atomic mass is 10.1. The minimum absolute atomic E-state index is 0.00635. The number of nitrogens with zero attached hydrogens (tertiary/aromatic N) is 1. The van der Waals surface area contributed by atoms with E-state index in [1.54, 1.807) is 42.5 Å². The second-order valence-corrected chi connectivity index (χ2v) is 8.50. The van der Waals surface area contributed by atoms with Crippen LogP contribution in [0.2, 0.25) is 0 Å². The number of rotatable bonds is 6. The lowest BCUT2D eigenvalue weighted by Crippen LogP contribution is -2.48. The number of piperidine rings is 1. The van der Waals surface area contributed by atoms with Gasteiger partial charge in [-0.05, 0) is 49.1 Å². The summed E-state index contributed by atoms with van der Waals surface area (Å²) in [6.07, 6.45) is 1.88. The number of ether oxygens (including phenoxy) is 1. The summed E-state index contributed by atoms with van der Waals surface area (Å²) in [6.45, 7) is 0.276. The van der Waals surface area contributed by atoms with Gasteiger partial charge in [0.1, 0.15) is 12.6 Å². The Hall–Kier alpha value is -2.71. The van der Waals surface area contributed by atoms with Gasteiger partial charge in [0.2, 0.25) is 15.9 Å². The normalized spacial score (nSPS) is 17.8. The van der Waals surface area contributed by atoms with E-state index in [-0.39, 0.29) is 18.0 Å². The highest BCUT2D eigenvalue weighted by Crippen LogP contribution is 2.26. The van der Waals surface area contributed by atoms with Gasteiger partial charge in [0.25, 0.3) is 0 Å². The molecule has 1 heterocycles. The molecule has 1 atom stereocenters. The number of carbonyl (C=O) groups is 2. The van der Waals surface area contributed by atoms with Gasteiger partial charge in [0, 0.05) is 12.1 Å². The van der Waals surface area contributed by atoms with Crippen LogP contribution in [0.15, 0.2) is 59.5 Å². The van der Waals surface area contributed by atoms with Crippen molar-refractivity contribution in [3.63, 3.8) is 0 Å². The van der Waals surface area contributed by atoms with Gasteiger partial charge in [0.05, 0.1) is 4.90 Å². The van der Waals surface area contributed by atoms with Crippen LogP contribution in [-0.4, -0.2) is 37.2 Å². The Balaban J connectivity index is 1.71. The lowest BCUT2D eigenvalue weighted by Gasteiger charge is -2.33. The molecule has 1 fully saturated rings. The molecule has 0 saturated carbocycles. The monoisotopic (exact) mass is 402 g/mol. The molecule has 28 heavy (non-hydrogen) atoms. The van der Waals surface area contributed by atoms with Crippen LogP contribution in [0.1, 0.15) is 35.2 Å². The number of hydrogen-bond acceptors (Lipinski definition) is 5. The van der Waals surface area contributed by atoms with Crippen LogP contribution in [0, 0.1) is 0 Å². The van der Waals surface area contributed by atoms with Gasteiger partial charge >= 0.3 is 5.97 Å². The van der Waals surface area contributed by atoms with Crippen molar-refractivity contribution >= 4 is 21.9 Å². The van der Waals surface area contributed by atoms with E-state index >= 15 is 0 Å². The zero-order chi connectivity index (χ0) is 20.1. The van der Waals surface area contributed by atoms with Crippen LogP contribution in [0.5, 0.6) is 0 Å². The van der Waals surface area contributed by atoms with Crippen molar-refractivity contribution in [3.8, 4) is 0 Å². The highest BCUT2D eigenvalue weighted by atomic mass is 32.2. The van der Waals surface area contributed by atoms with E-state index in [2.05, 4.69) is 0 Å². The first-order valence-corrected chi connectivity index (χ1v) is 10.5. The van der Waals surface area contributed by atoms with Gasteiger partial charge in [-0.1, -0.05) is 30.3 Å². The SMILES string of the molecule is NC(=O)c1ccc(COC(=O)C2CCCCN2S(=O)(=O)c2ccccc2)cc1. The van der Waals surface area contributed by atoms with E-state index in [0.29, 0.717) is 24.0 Å². The van der Waals surface area contributed by atoms with Gasteiger partial charge in [0.15, 0.2) is 0 Å². The molecule has 1 saturated heterocycles. The fraction of sp³-hybridized carbons (Fsp3) is 0.300. The zero-order valence-electron chi connectivity index (χ0n) is 15.3. The van der Waals surface area contributed by atoms with E-state index < -0.39 is 27.9 Å². The molecule has 1 aliphatic heterocycles. The van der Waals surface area contributed by atoms with Gasteiger partial charge < -0.3 is 10.5 Å². The summed E-state index contributed by atoms with van der Waals surface area (Å²) >= 11 is 0. The number of amides is 1. The van der Waals surface area contributed by atoms with Crippen LogP contribution in [-0.2, 0) is 26.2 Å². The topological polar surface area (TPSA) is 107 Å². The van der Waals surface area contributed by atoms with Gasteiger partial charge in [-0.2, -0.15) is 4.31 Å². The second-order valence-electron chi connectivity index (χ2n) is 6.61. The maximum absolute atomic E-state index is 13.0. The molecule has 0 radical (unpaired) electrons. The largest absolute Gasteiger partial charge is 0.460 e. The van der Waals surface area contributed by atoms with Gasteiger partial charge in [-0.15, -0.1) is 0 Å². The summed E-state index contributed by atoms with van der Waals surface area (Å²) in [7, 11) is -3.77. The Labute approximate surface area is 164 Å². The molecule has 3 rings (SSSR count). The van der Waals surface area contributed by atoms with Crippen molar-refractivity contribution in [1.29, 1.82) is 0 Å². The van der Waals surface area contributed by atoms with Gasteiger partial charge in [-0.25, -0.2) is 8.42 Å². The van der Waals surface area contributed by atoms with Gasteiger partial charge in [-0.3, -0.25) is 9.59 Å². The van der Waals surface area contributed by atoms with Crippen LogP contribution in [0.4, 0.5) is 0 Å². The van der Waals surface area contributed by atoms with Crippen molar-refractivity contribution in [2.75, 3.05) is 6.54 Å². The van der Waals surface area contributed by atoms with Crippen LogP contribution < -0.4 is 5.73 Å². The molecule has 7 nitrogen and oxygen atoms in total. The Kier molecular flexibility index (Phi) is 6.11. The number of benzene rings is 2. The first-order chi connectivity index (χ1) is 13.4. The number of sulfonamides is 1. The summed E-state index contributed by atoms with van der Waals surface area (Å²) < 4.78 is 32.5. The molecule has 1 unspecified atom stereocenters. The predicted molar refractivity (Wildman–Crippen MR) is 103 cm³/mol. The third kappa shape index (κ3) is 4.40. The Morgan fingerprint density at radius 2 is 1.71 bits per heavy atom. The van der Waals surface area contributed by atoms with Crippen LogP contribution >= 0.6 is 0 Å². The van der Waals surface area contributed by atoms with Crippen molar-refractivity contribution in [2.24, 2.45) is 5.73 Å². The summed E-state index contributed by atoms with van der Waals surface area (Å²) in [5.74, 6) is -1.11. The minimum atomic E-state index is -3.77. The molecule has 2 aromatic rings. The maximum Gasteiger partial charge on any atom is 0.324 e. The highest BCUT2D eigenvalue weighted by molar-refractivity contribution is 7.89. The molecule has 1 aliphatic rings. The molecule has 2 N–H and O–H groups in total.